The predicted octanol–water partition coefficient (Wildman–Crippen LogP) is 2.09. The summed E-state index contributed by atoms with van der Waals surface area (Å²) in [4.78, 5) is 23.7. The molecule has 2 aromatic rings. The van der Waals surface area contributed by atoms with Gasteiger partial charge in [-0.15, -0.1) is 0 Å². The van der Waals surface area contributed by atoms with Gasteiger partial charge in [0, 0.05) is 12.1 Å². The van der Waals surface area contributed by atoms with E-state index < -0.39 is 0 Å². The molecule has 0 saturated carbocycles. The van der Waals surface area contributed by atoms with Crippen LogP contribution in [0.4, 0.5) is 0 Å². The van der Waals surface area contributed by atoms with E-state index in [1.807, 2.05) is 6.92 Å². The Hall–Kier alpha value is -2.28. The lowest BCUT2D eigenvalue weighted by molar-refractivity contribution is 0.0935. The molecule has 0 aliphatic carbocycles. The summed E-state index contributed by atoms with van der Waals surface area (Å²) in [5.41, 5.74) is 0.770. The Labute approximate surface area is 127 Å². The van der Waals surface area contributed by atoms with Gasteiger partial charge in [-0.05, 0) is 32.1 Å². The molecule has 1 aromatic carbocycles. The van der Waals surface area contributed by atoms with Crippen LogP contribution in [-0.4, -0.2) is 26.5 Å². The number of amides is 1. The molecule has 6 nitrogen and oxygen atoms in total. The van der Waals surface area contributed by atoms with Crippen molar-refractivity contribution in [3.63, 3.8) is 0 Å². The maximum absolute atomic E-state index is 12.2. The van der Waals surface area contributed by atoms with Crippen LogP contribution in [0.3, 0.4) is 0 Å². The molecule has 0 spiro atoms. The van der Waals surface area contributed by atoms with Crippen LogP contribution in [0.5, 0.6) is 0 Å². The normalized spacial score (nSPS) is 10.4. The van der Waals surface area contributed by atoms with Crippen LogP contribution in [0.1, 0.15) is 40.4 Å². The Kier molecular flexibility index (Phi) is 4.64. The maximum Gasteiger partial charge on any atom is 0.252 e. The molecule has 110 valence electrons. The van der Waals surface area contributed by atoms with Gasteiger partial charge in [0.2, 0.25) is 0 Å². The molecule has 0 aliphatic heterocycles. The summed E-state index contributed by atoms with van der Waals surface area (Å²) in [7, 11) is 0. The maximum atomic E-state index is 12.2. The van der Waals surface area contributed by atoms with Crippen LogP contribution in [0.15, 0.2) is 24.3 Å². The first-order valence-electron chi connectivity index (χ1n) is 6.56. The molecule has 2 N–H and O–H groups in total. The SMILES string of the molecule is CCn1c(CNC(=O)c2ccccc2C(C)=O)n[nH]c1=S. The number of H-pyrrole nitrogens is 1. The van der Waals surface area contributed by atoms with Crippen LogP contribution in [0.25, 0.3) is 0 Å². The van der Waals surface area contributed by atoms with Crippen molar-refractivity contribution < 1.29 is 9.59 Å². The lowest BCUT2D eigenvalue weighted by Crippen LogP contribution is -2.26. The van der Waals surface area contributed by atoms with Crippen molar-refractivity contribution >= 4 is 23.9 Å². The van der Waals surface area contributed by atoms with Crippen LogP contribution in [-0.2, 0) is 13.1 Å². The average molecular weight is 304 g/mol. The number of carbonyl (C=O) groups excluding carboxylic acids is 2. The van der Waals surface area contributed by atoms with Crippen molar-refractivity contribution in [3.8, 4) is 0 Å². The first kappa shape index (κ1) is 15.1. The zero-order valence-corrected chi connectivity index (χ0v) is 12.7. The lowest BCUT2D eigenvalue weighted by Gasteiger charge is -2.08. The van der Waals surface area contributed by atoms with Crippen molar-refractivity contribution in [2.45, 2.75) is 26.9 Å². The van der Waals surface area contributed by atoms with Crippen LogP contribution < -0.4 is 5.32 Å². The van der Waals surface area contributed by atoms with Gasteiger partial charge in [-0.2, -0.15) is 5.10 Å². The number of aromatic nitrogens is 3. The van der Waals surface area contributed by atoms with Gasteiger partial charge < -0.3 is 9.88 Å². The zero-order valence-electron chi connectivity index (χ0n) is 11.8. The third-order valence-corrected chi connectivity index (χ3v) is 3.42. The summed E-state index contributed by atoms with van der Waals surface area (Å²) >= 11 is 5.09. The van der Waals surface area contributed by atoms with Crippen LogP contribution in [0.2, 0.25) is 0 Å². The lowest BCUT2D eigenvalue weighted by atomic mass is 10.0. The quantitative estimate of drug-likeness (QED) is 0.655. The standard InChI is InChI=1S/C14H16N4O2S/c1-3-18-12(16-17-14(18)21)8-15-13(20)11-7-5-4-6-10(11)9(2)19/h4-7H,3,8H2,1-2H3,(H,15,20)(H,17,21). The highest BCUT2D eigenvalue weighted by Gasteiger charge is 2.14. The number of rotatable bonds is 5. The highest BCUT2D eigenvalue weighted by molar-refractivity contribution is 7.71. The first-order chi connectivity index (χ1) is 10.0. The van der Waals surface area contributed by atoms with Crippen molar-refractivity contribution in [2.24, 2.45) is 0 Å². The summed E-state index contributed by atoms with van der Waals surface area (Å²) in [5.74, 6) is 0.200. The monoisotopic (exact) mass is 304 g/mol. The molecule has 2 rings (SSSR count). The van der Waals surface area contributed by atoms with E-state index in [4.69, 9.17) is 12.2 Å². The molecule has 1 heterocycles. The zero-order chi connectivity index (χ0) is 15.4. The van der Waals surface area contributed by atoms with E-state index in [0.717, 1.165) is 0 Å². The summed E-state index contributed by atoms with van der Waals surface area (Å²) in [6.45, 7) is 4.30. The van der Waals surface area contributed by atoms with Gasteiger partial charge >= 0.3 is 0 Å². The number of benzene rings is 1. The molecule has 1 aromatic heterocycles. The van der Waals surface area contributed by atoms with Crippen molar-refractivity contribution in [1.29, 1.82) is 0 Å². The molecule has 0 atom stereocenters. The number of aromatic amines is 1. The largest absolute Gasteiger partial charge is 0.345 e. The van der Waals surface area contributed by atoms with E-state index in [9.17, 15) is 9.59 Å². The van der Waals surface area contributed by atoms with Crippen molar-refractivity contribution in [1.82, 2.24) is 20.1 Å². The second-order valence-electron chi connectivity index (χ2n) is 4.47. The van der Waals surface area contributed by atoms with Crippen molar-refractivity contribution in [3.05, 3.63) is 46.0 Å². The Bertz CT molecular complexity index is 733. The minimum atomic E-state index is -0.308. The van der Waals surface area contributed by atoms with Gasteiger partial charge in [0.05, 0.1) is 12.1 Å². The second-order valence-corrected chi connectivity index (χ2v) is 4.86. The summed E-state index contributed by atoms with van der Waals surface area (Å²) < 4.78 is 2.32. The number of Topliss-reactive ketones (excluding diaryl/α,β-unsaturated/α-hetero) is 1. The molecule has 0 aliphatic rings. The predicted molar refractivity (Wildman–Crippen MR) is 80.7 cm³/mol. The minimum absolute atomic E-state index is 0.142. The summed E-state index contributed by atoms with van der Waals surface area (Å²) in [6.07, 6.45) is 0. The van der Waals surface area contributed by atoms with E-state index in [-0.39, 0.29) is 18.2 Å². The second kappa shape index (κ2) is 6.45. The fourth-order valence-electron chi connectivity index (χ4n) is 2.05. The van der Waals surface area contributed by atoms with Crippen LogP contribution >= 0.6 is 12.2 Å². The summed E-state index contributed by atoms with van der Waals surface area (Å²) in [6, 6.07) is 6.72. The Morgan fingerprint density at radius 1 is 1.33 bits per heavy atom. The Balaban J connectivity index is 2.16. The van der Waals surface area contributed by atoms with Gasteiger partial charge in [-0.1, -0.05) is 18.2 Å². The van der Waals surface area contributed by atoms with Gasteiger partial charge in [0.15, 0.2) is 16.4 Å². The molecule has 0 radical (unpaired) electrons. The molecule has 7 heteroatoms. The van der Waals surface area contributed by atoms with Crippen molar-refractivity contribution in [2.75, 3.05) is 0 Å². The molecule has 0 fully saturated rings. The fourth-order valence-corrected chi connectivity index (χ4v) is 2.33. The van der Waals surface area contributed by atoms with E-state index in [1.165, 1.54) is 6.92 Å². The number of nitrogens with zero attached hydrogens (tertiary/aromatic N) is 2. The minimum Gasteiger partial charge on any atom is -0.345 e. The third-order valence-electron chi connectivity index (χ3n) is 3.11. The number of nitrogens with one attached hydrogen (secondary N) is 2. The average Bonchev–Trinajstić information content (AvgIpc) is 2.84. The third kappa shape index (κ3) is 3.25. The molecule has 0 bridgehead atoms. The molecule has 0 unspecified atom stereocenters. The number of ketones is 1. The van der Waals surface area contributed by atoms with Gasteiger partial charge in [-0.3, -0.25) is 14.7 Å². The van der Waals surface area contributed by atoms with Gasteiger partial charge in [0.25, 0.3) is 5.91 Å². The van der Waals surface area contributed by atoms with Crippen LogP contribution in [0, 0.1) is 4.77 Å². The Morgan fingerprint density at radius 2 is 2.00 bits per heavy atom. The van der Waals surface area contributed by atoms with E-state index in [0.29, 0.717) is 28.3 Å². The molecular weight excluding hydrogens is 288 g/mol. The van der Waals surface area contributed by atoms with E-state index >= 15 is 0 Å². The molecule has 1 amide bonds. The van der Waals surface area contributed by atoms with Gasteiger partial charge in [0.1, 0.15) is 0 Å². The molecular formula is C14H16N4O2S. The number of hydrogen-bond acceptors (Lipinski definition) is 4. The number of hydrogen-bond donors (Lipinski definition) is 2. The molecule has 0 saturated heterocycles. The summed E-state index contributed by atoms with van der Waals surface area (Å²) in [5, 5.41) is 9.52. The first-order valence-corrected chi connectivity index (χ1v) is 6.97. The highest BCUT2D eigenvalue weighted by Crippen LogP contribution is 2.09. The van der Waals surface area contributed by atoms with Gasteiger partial charge in [-0.25, -0.2) is 0 Å². The molecule has 21 heavy (non-hydrogen) atoms. The number of carbonyl (C=O) groups is 2. The fraction of sp³-hybridized carbons (Fsp3) is 0.286. The highest BCUT2D eigenvalue weighted by atomic mass is 32.1. The van der Waals surface area contributed by atoms with E-state index in [1.54, 1.807) is 28.8 Å². The smallest absolute Gasteiger partial charge is 0.252 e. The van der Waals surface area contributed by atoms with E-state index in [2.05, 4.69) is 15.5 Å². The topological polar surface area (TPSA) is 79.8 Å². The Morgan fingerprint density at radius 3 is 2.62 bits per heavy atom.